The SMILES string of the molecule is CCOC(=O)N1CCCN(C2CCC3(CC2)C(=O)Nc2ncccc23)CC1. The number of nitrogens with zero attached hydrogens (tertiary/aromatic N) is 3. The Morgan fingerprint density at radius 3 is 2.89 bits per heavy atom. The van der Waals surface area contributed by atoms with Crippen molar-refractivity contribution in [3.05, 3.63) is 23.9 Å². The van der Waals surface area contributed by atoms with Gasteiger partial charge in [0.1, 0.15) is 5.82 Å². The van der Waals surface area contributed by atoms with Crippen LogP contribution in [0.4, 0.5) is 10.6 Å². The van der Waals surface area contributed by atoms with Gasteiger partial charge in [-0.2, -0.15) is 0 Å². The molecule has 1 aliphatic carbocycles. The van der Waals surface area contributed by atoms with Crippen LogP contribution < -0.4 is 5.32 Å². The highest BCUT2D eigenvalue weighted by molar-refractivity contribution is 6.05. The molecule has 0 unspecified atom stereocenters. The summed E-state index contributed by atoms with van der Waals surface area (Å²) >= 11 is 0. The Balaban J connectivity index is 1.39. The molecule has 27 heavy (non-hydrogen) atoms. The van der Waals surface area contributed by atoms with Gasteiger partial charge in [0.15, 0.2) is 0 Å². The van der Waals surface area contributed by atoms with Crippen molar-refractivity contribution in [3.63, 3.8) is 0 Å². The number of hydrogen-bond acceptors (Lipinski definition) is 5. The van der Waals surface area contributed by atoms with E-state index in [0.717, 1.165) is 63.1 Å². The standard InChI is InChI=1S/C20H28N4O3/c1-2-27-19(26)24-12-4-11-23(13-14-24)15-6-8-20(9-7-15)16-5-3-10-21-17(16)22-18(20)25/h3,5,10,15H,2,4,6-9,11-14H2,1H3,(H,21,22,25). The third kappa shape index (κ3) is 3.29. The third-order valence-electron chi connectivity index (χ3n) is 6.37. The van der Waals surface area contributed by atoms with Crippen LogP contribution in [0.15, 0.2) is 18.3 Å². The van der Waals surface area contributed by atoms with Crippen LogP contribution in [-0.2, 0) is 14.9 Å². The molecular weight excluding hydrogens is 344 g/mol. The van der Waals surface area contributed by atoms with Crippen molar-refractivity contribution in [1.29, 1.82) is 0 Å². The molecule has 1 aromatic rings. The Morgan fingerprint density at radius 1 is 1.30 bits per heavy atom. The Hall–Kier alpha value is -2.15. The van der Waals surface area contributed by atoms with Gasteiger partial charge in [-0.1, -0.05) is 6.07 Å². The lowest BCUT2D eigenvalue weighted by molar-refractivity contribution is -0.122. The highest BCUT2D eigenvalue weighted by atomic mass is 16.6. The monoisotopic (exact) mass is 372 g/mol. The zero-order chi connectivity index (χ0) is 18.9. The van der Waals surface area contributed by atoms with Crippen LogP contribution in [0, 0.1) is 0 Å². The number of aromatic nitrogens is 1. The second kappa shape index (κ2) is 7.46. The van der Waals surface area contributed by atoms with Crippen molar-refractivity contribution in [2.45, 2.75) is 50.5 Å². The van der Waals surface area contributed by atoms with Crippen LogP contribution in [0.5, 0.6) is 0 Å². The molecule has 0 atom stereocenters. The first-order valence-electron chi connectivity index (χ1n) is 10.1. The van der Waals surface area contributed by atoms with E-state index in [-0.39, 0.29) is 12.0 Å². The summed E-state index contributed by atoms with van der Waals surface area (Å²) in [7, 11) is 0. The number of carbonyl (C=O) groups is 2. The zero-order valence-corrected chi connectivity index (χ0v) is 15.9. The summed E-state index contributed by atoms with van der Waals surface area (Å²) in [5.74, 6) is 0.847. The van der Waals surface area contributed by atoms with E-state index in [0.29, 0.717) is 19.2 Å². The molecule has 3 aliphatic rings. The molecule has 3 heterocycles. The highest BCUT2D eigenvalue weighted by Crippen LogP contribution is 2.47. The molecule has 0 bridgehead atoms. The van der Waals surface area contributed by atoms with E-state index in [1.165, 1.54) is 0 Å². The minimum atomic E-state index is -0.400. The molecule has 2 aliphatic heterocycles. The van der Waals surface area contributed by atoms with Crippen molar-refractivity contribution in [3.8, 4) is 0 Å². The number of carbonyl (C=O) groups excluding carboxylic acids is 2. The Morgan fingerprint density at radius 2 is 2.11 bits per heavy atom. The Bertz CT molecular complexity index is 715. The number of fused-ring (bicyclic) bond motifs is 2. The van der Waals surface area contributed by atoms with Crippen molar-refractivity contribution in [1.82, 2.24) is 14.8 Å². The number of hydrogen-bond donors (Lipinski definition) is 1. The van der Waals surface area contributed by atoms with E-state index in [1.54, 1.807) is 6.20 Å². The smallest absolute Gasteiger partial charge is 0.409 e. The van der Waals surface area contributed by atoms with Crippen LogP contribution in [0.1, 0.15) is 44.6 Å². The zero-order valence-electron chi connectivity index (χ0n) is 15.9. The molecule has 146 valence electrons. The summed E-state index contributed by atoms with van der Waals surface area (Å²) in [6.07, 6.45) is 6.22. The van der Waals surface area contributed by atoms with E-state index >= 15 is 0 Å². The van der Waals surface area contributed by atoms with E-state index in [9.17, 15) is 9.59 Å². The molecule has 1 spiro atoms. The van der Waals surface area contributed by atoms with E-state index in [1.807, 2.05) is 24.0 Å². The van der Waals surface area contributed by atoms with Crippen molar-refractivity contribution < 1.29 is 14.3 Å². The van der Waals surface area contributed by atoms with Gasteiger partial charge in [0.05, 0.1) is 12.0 Å². The largest absolute Gasteiger partial charge is 0.450 e. The summed E-state index contributed by atoms with van der Waals surface area (Å²) in [6.45, 7) is 5.61. The lowest BCUT2D eigenvalue weighted by Gasteiger charge is -2.40. The number of pyridine rings is 1. The van der Waals surface area contributed by atoms with Gasteiger partial charge < -0.3 is 15.0 Å². The van der Waals surface area contributed by atoms with Crippen LogP contribution in [-0.4, -0.2) is 65.6 Å². The van der Waals surface area contributed by atoms with E-state index in [2.05, 4.69) is 15.2 Å². The predicted octanol–water partition coefficient (Wildman–Crippen LogP) is 2.38. The minimum absolute atomic E-state index is 0.110. The normalized spacial score (nSPS) is 28.6. The molecule has 4 rings (SSSR count). The van der Waals surface area contributed by atoms with E-state index < -0.39 is 5.41 Å². The van der Waals surface area contributed by atoms with Crippen LogP contribution in [0.25, 0.3) is 0 Å². The minimum Gasteiger partial charge on any atom is -0.450 e. The van der Waals surface area contributed by atoms with Crippen LogP contribution in [0.3, 0.4) is 0 Å². The summed E-state index contributed by atoms with van der Waals surface area (Å²) in [5, 5.41) is 2.97. The first-order valence-corrected chi connectivity index (χ1v) is 10.1. The second-order valence-electron chi connectivity index (χ2n) is 7.74. The number of amides is 2. The van der Waals surface area contributed by atoms with Crippen molar-refractivity contribution in [2.24, 2.45) is 0 Å². The summed E-state index contributed by atoms with van der Waals surface area (Å²) in [4.78, 5) is 33.3. The summed E-state index contributed by atoms with van der Waals surface area (Å²) in [5.41, 5.74) is 0.668. The molecule has 1 N–H and O–H groups in total. The van der Waals surface area contributed by atoms with Gasteiger partial charge in [-0.05, 0) is 45.1 Å². The van der Waals surface area contributed by atoms with Gasteiger partial charge in [-0.15, -0.1) is 0 Å². The number of rotatable bonds is 2. The topological polar surface area (TPSA) is 74.8 Å². The Labute approximate surface area is 160 Å². The molecule has 2 amide bonds. The molecule has 1 saturated heterocycles. The van der Waals surface area contributed by atoms with Crippen molar-refractivity contribution in [2.75, 3.05) is 38.1 Å². The fourth-order valence-corrected chi connectivity index (χ4v) is 4.90. The van der Waals surface area contributed by atoms with E-state index in [4.69, 9.17) is 4.74 Å². The summed E-state index contributed by atoms with van der Waals surface area (Å²) in [6, 6.07) is 4.45. The lowest BCUT2D eigenvalue weighted by atomic mass is 9.69. The fraction of sp³-hybridized carbons (Fsp3) is 0.650. The highest BCUT2D eigenvalue weighted by Gasteiger charge is 2.49. The average Bonchev–Trinajstić information content (AvgIpc) is 2.84. The van der Waals surface area contributed by atoms with Gasteiger partial charge in [-0.3, -0.25) is 9.69 Å². The first-order chi connectivity index (χ1) is 13.1. The average molecular weight is 372 g/mol. The van der Waals surface area contributed by atoms with Crippen molar-refractivity contribution >= 4 is 17.8 Å². The molecule has 1 aromatic heterocycles. The van der Waals surface area contributed by atoms with Gasteiger partial charge in [0, 0.05) is 44.0 Å². The molecule has 0 radical (unpaired) electrons. The third-order valence-corrected chi connectivity index (χ3v) is 6.37. The molecule has 1 saturated carbocycles. The predicted molar refractivity (Wildman–Crippen MR) is 102 cm³/mol. The van der Waals surface area contributed by atoms with Gasteiger partial charge in [-0.25, -0.2) is 9.78 Å². The maximum absolute atomic E-state index is 12.7. The molecular formula is C20H28N4O3. The molecule has 2 fully saturated rings. The van der Waals surface area contributed by atoms with Crippen LogP contribution in [0.2, 0.25) is 0 Å². The quantitative estimate of drug-likeness (QED) is 0.863. The van der Waals surface area contributed by atoms with Gasteiger partial charge in [0.2, 0.25) is 5.91 Å². The molecule has 7 nitrogen and oxygen atoms in total. The van der Waals surface area contributed by atoms with Gasteiger partial charge >= 0.3 is 6.09 Å². The first kappa shape index (κ1) is 18.2. The number of ether oxygens (including phenoxy) is 1. The number of nitrogens with one attached hydrogen (secondary N) is 1. The number of anilines is 1. The molecule has 7 heteroatoms. The maximum Gasteiger partial charge on any atom is 0.409 e. The lowest BCUT2D eigenvalue weighted by Crippen LogP contribution is -2.46. The second-order valence-corrected chi connectivity index (χ2v) is 7.74. The Kier molecular flexibility index (Phi) is 5.04. The summed E-state index contributed by atoms with van der Waals surface area (Å²) < 4.78 is 5.14. The van der Waals surface area contributed by atoms with Gasteiger partial charge in [0.25, 0.3) is 0 Å². The fourth-order valence-electron chi connectivity index (χ4n) is 4.90. The maximum atomic E-state index is 12.7. The van der Waals surface area contributed by atoms with Crippen LogP contribution >= 0.6 is 0 Å². The molecule has 0 aromatic carbocycles.